The van der Waals surface area contributed by atoms with Crippen molar-refractivity contribution in [3.8, 4) is 16.9 Å². The van der Waals surface area contributed by atoms with Gasteiger partial charge in [-0.05, 0) is 53.1 Å². The molecule has 0 fully saturated rings. The van der Waals surface area contributed by atoms with Gasteiger partial charge in [0.25, 0.3) is 0 Å². The molecule has 0 atom stereocenters. The van der Waals surface area contributed by atoms with E-state index in [1.165, 1.54) is 12.1 Å². The second-order valence-corrected chi connectivity index (χ2v) is 7.03. The van der Waals surface area contributed by atoms with Crippen molar-refractivity contribution >= 4 is 11.6 Å². The van der Waals surface area contributed by atoms with E-state index in [-0.39, 0.29) is 11.7 Å². The first kappa shape index (κ1) is 19.1. The van der Waals surface area contributed by atoms with Crippen LogP contribution >= 0.6 is 0 Å². The van der Waals surface area contributed by atoms with E-state index in [1.807, 2.05) is 30.5 Å². The molecule has 29 heavy (non-hydrogen) atoms. The summed E-state index contributed by atoms with van der Waals surface area (Å²) >= 11 is 0. The molecule has 1 aromatic heterocycles. The monoisotopic (exact) mass is 391 g/mol. The highest BCUT2D eigenvalue weighted by atomic mass is 19.1. The van der Waals surface area contributed by atoms with Crippen molar-refractivity contribution in [3.63, 3.8) is 0 Å². The van der Waals surface area contributed by atoms with Crippen molar-refractivity contribution in [2.24, 2.45) is 0 Å². The SMILES string of the molecule is CN1C(=O)Cc2cc(OCCNCc3cncc(-c4ccc(F)cc4)c3)ccc21. The Balaban J connectivity index is 1.26. The van der Waals surface area contributed by atoms with Crippen LogP contribution in [0.3, 0.4) is 0 Å². The number of anilines is 1. The number of hydrogen-bond acceptors (Lipinski definition) is 4. The molecule has 2 aromatic carbocycles. The van der Waals surface area contributed by atoms with Crippen LogP contribution in [-0.4, -0.2) is 31.1 Å². The molecule has 0 radical (unpaired) electrons. The first-order valence-electron chi connectivity index (χ1n) is 9.53. The minimum Gasteiger partial charge on any atom is -0.492 e. The van der Waals surface area contributed by atoms with Crippen molar-refractivity contribution in [3.05, 3.63) is 77.9 Å². The van der Waals surface area contributed by atoms with E-state index >= 15 is 0 Å². The average Bonchev–Trinajstić information content (AvgIpc) is 3.02. The standard InChI is InChI=1S/C23H22FN3O2/c1-27-22-7-6-21(11-18(22)12-23(27)28)29-9-8-25-13-16-10-19(15-26-14-16)17-2-4-20(24)5-3-17/h2-7,10-11,14-15,25H,8-9,12-13H2,1H3. The zero-order valence-corrected chi connectivity index (χ0v) is 16.2. The summed E-state index contributed by atoms with van der Waals surface area (Å²) in [5.41, 5.74) is 4.90. The summed E-state index contributed by atoms with van der Waals surface area (Å²) in [7, 11) is 1.79. The molecule has 5 nitrogen and oxygen atoms in total. The number of likely N-dealkylation sites (N-methyl/N-ethyl adjacent to an activating group) is 1. The average molecular weight is 391 g/mol. The van der Waals surface area contributed by atoms with E-state index in [1.54, 1.807) is 30.3 Å². The lowest BCUT2D eigenvalue weighted by Gasteiger charge is -2.12. The van der Waals surface area contributed by atoms with E-state index in [0.717, 1.165) is 33.7 Å². The van der Waals surface area contributed by atoms with Crippen molar-refractivity contribution in [2.75, 3.05) is 25.1 Å². The Morgan fingerprint density at radius 2 is 1.93 bits per heavy atom. The zero-order chi connectivity index (χ0) is 20.2. The van der Waals surface area contributed by atoms with Gasteiger partial charge < -0.3 is 15.0 Å². The summed E-state index contributed by atoms with van der Waals surface area (Å²) in [6.45, 7) is 1.86. The van der Waals surface area contributed by atoms with E-state index in [4.69, 9.17) is 4.74 Å². The second kappa shape index (κ2) is 8.41. The van der Waals surface area contributed by atoms with Crippen LogP contribution in [-0.2, 0) is 17.8 Å². The van der Waals surface area contributed by atoms with Gasteiger partial charge >= 0.3 is 0 Å². The maximum atomic E-state index is 13.1. The number of benzene rings is 2. The topological polar surface area (TPSA) is 54.5 Å². The highest BCUT2D eigenvalue weighted by molar-refractivity contribution is 6.01. The number of amides is 1. The van der Waals surface area contributed by atoms with E-state index < -0.39 is 0 Å². The van der Waals surface area contributed by atoms with Crippen LogP contribution in [0.4, 0.5) is 10.1 Å². The Kier molecular flexibility index (Phi) is 5.53. The van der Waals surface area contributed by atoms with Crippen molar-refractivity contribution in [1.29, 1.82) is 0 Å². The Bertz CT molecular complexity index is 1020. The molecule has 1 N–H and O–H groups in total. The van der Waals surface area contributed by atoms with Crippen LogP contribution in [0.2, 0.25) is 0 Å². The smallest absolute Gasteiger partial charge is 0.231 e. The minimum atomic E-state index is -0.249. The van der Waals surface area contributed by atoms with Crippen LogP contribution in [0.5, 0.6) is 5.75 Å². The third-order valence-electron chi connectivity index (χ3n) is 4.98. The molecular formula is C23H22FN3O2. The van der Waals surface area contributed by atoms with Gasteiger partial charge in [-0.15, -0.1) is 0 Å². The molecule has 4 rings (SSSR count). The largest absolute Gasteiger partial charge is 0.492 e. The van der Waals surface area contributed by atoms with Gasteiger partial charge in [0.1, 0.15) is 18.2 Å². The number of ether oxygens (including phenoxy) is 1. The number of carbonyl (C=O) groups is 1. The Labute approximate surface area is 169 Å². The molecule has 0 spiro atoms. The number of aromatic nitrogens is 1. The predicted molar refractivity (Wildman–Crippen MR) is 110 cm³/mol. The van der Waals surface area contributed by atoms with Crippen molar-refractivity contribution < 1.29 is 13.9 Å². The van der Waals surface area contributed by atoms with Gasteiger partial charge in [-0.1, -0.05) is 12.1 Å². The first-order valence-corrected chi connectivity index (χ1v) is 9.53. The lowest BCUT2D eigenvalue weighted by atomic mass is 10.1. The molecule has 0 unspecified atom stereocenters. The number of hydrogen-bond donors (Lipinski definition) is 1. The molecule has 0 aliphatic carbocycles. The fourth-order valence-electron chi connectivity index (χ4n) is 3.39. The summed E-state index contributed by atoms with van der Waals surface area (Å²) in [6, 6.07) is 14.2. The number of fused-ring (bicyclic) bond motifs is 1. The Morgan fingerprint density at radius 1 is 1.10 bits per heavy atom. The summed E-state index contributed by atoms with van der Waals surface area (Å²) in [6.07, 6.45) is 4.02. The van der Waals surface area contributed by atoms with Crippen LogP contribution in [0.15, 0.2) is 60.9 Å². The minimum absolute atomic E-state index is 0.107. The number of pyridine rings is 1. The van der Waals surface area contributed by atoms with Crippen molar-refractivity contribution in [2.45, 2.75) is 13.0 Å². The molecule has 1 aliphatic heterocycles. The molecular weight excluding hydrogens is 369 g/mol. The third-order valence-corrected chi connectivity index (χ3v) is 4.98. The molecule has 2 heterocycles. The first-order chi connectivity index (χ1) is 14.1. The molecule has 0 saturated carbocycles. The van der Waals surface area contributed by atoms with Crippen LogP contribution < -0.4 is 15.0 Å². The summed E-state index contributed by atoms with van der Waals surface area (Å²) in [5.74, 6) is 0.630. The normalized spacial score (nSPS) is 12.9. The Hall–Kier alpha value is -3.25. The van der Waals surface area contributed by atoms with Crippen LogP contribution in [0, 0.1) is 5.82 Å². The van der Waals surface area contributed by atoms with Crippen molar-refractivity contribution in [1.82, 2.24) is 10.3 Å². The highest BCUT2D eigenvalue weighted by Crippen LogP contribution is 2.30. The summed E-state index contributed by atoms with van der Waals surface area (Å²) in [5, 5.41) is 3.34. The molecule has 0 bridgehead atoms. The maximum absolute atomic E-state index is 13.1. The quantitative estimate of drug-likeness (QED) is 0.626. The maximum Gasteiger partial charge on any atom is 0.231 e. The fraction of sp³-hybridized carbons (Fsp3) is 0.217. The van der Waals surface area contributed by atoms with Gasteiger partial charge in [0.05, 0.1) is 6.42 Å². The van der Waals surface area contributed by atoms with E-state index in [0.29, 0.717) is 26.1 Å². The van der Waals surface area contributed by atoms with Gasteiger partial charge in [0.15, 0.2) is 0 Å². The molecule has 0 saturated heterocycles. The third kappa shape index (κ3) is 4.43. The Morgan fingerprint density at radius 3 is 2.76 bits per heavy atom. The summed E-state index contributed by atoms with van der Waals surface area (Å²) in [4.78, 5) is 17.7. The fourth-order valence-corrected chi connectivity index (χ4v) is 3.39. The molecule has 3 aromatic rings. The highest BCUT2D eigenvalue weighted by Gasteiger charge is 2.23. The number of rotatable bonds is 7. The zero-order valence-electron chi connectivity index (χ0n) is 16.2. The molecule has 148 valence electrons. The van der Waals surface area contributed by atoms with Crippen LogP contribution in [0.1, 0.15) is 11.1 Å². The number of nitrogens with zero attached hydrogens (tertiary/aromatic N) is 2. The lowest BCUT2D eigenvalue weighted by molar-refractivity contribution is -0.117. The molecule has 6 heteroatoms. The van der Waals surface area contributed by atoms with Gasteiger partial charge in [-0.25, -0.2) is 4.39 Å². The lowest BCUT2D eigenvalue weighted by Crippen LogP contribution is -2.20. The van der Waals surface area contributed by atoms with E-state index in [2.05, 4.69) is 10.3 Å². The van der Waals surface area contributed by atoms with Gasteiger partial charge in [-0.3, -0.25) is 9.78 Å². The van der Waals surface area contributed by atoms with E-state index in [9.17, 15) is 9.18 Å². The molecule has 1 amide bonds. The second-order valence-electron chi connectivity index (χ2n) is 7.03. The number of carbonyl (C=O) groups excluding carboxylic acids is 1. The van der Waals surface area contributed by atoms with Gasteiger partial charge in [0, 0.05) is 43.8 Å². The predicted octanol–water partition coefficient (Wildman–Crippen LogP) is 3.58. The number of halogens is 1. The molecule has 1 aliphatic rings. The number of nitrogens with one attached hydrogen (secondary N) is 1. The van der Waals surface area contributed by atoms with Gasteiger partial charge in [-0.2, -0.15) is 0 Å². The summed E-state index contributed by atoms with van der Waals surface area (Å²) < 4.78 is 18.9. The van der Waals surface area contributed by atoms with Gasteiger partial charge in [0.2, 0.25) is 5.91 Å². The van der Waals surface area contributed by atoms with Crippen LogP contribution in [0.25, 0.3) is 11.1 Å².